The number of aliphatic hydroxyl groups excluding tert-OH is 1. The number of alkyl halides is 2. The summed E-state index contributed by atoms with van der Waals surface area (Å²) < 4.78 is 25.4. The Morgan fingerprint density at radius 1 is 1.55 bits per heavy atom. The summed E-state index contributed by atoms with van der Waals surface area (Å²) in [6.45, 7) is -0.742. The van der Waals surface area contributed by atoms with Crippen LogP contribution in [0, 0.1) is 5.92 Å². The number of piperidine rings is 1. The van der Waals surface area contributed by atoms with E-state index in [1.54, 1.807) is 0 Å². The van der Waals surface area contributed by atoms with E-state index in [0.29, 0.717) is 13.0 Å². The molecule has 2 fully saturated rings. The molecule has 114 valence electrons. The highest BCUT2D eigenvalue weighted by molar-refractivity contribution is 5.83. The number of nitrogens with zero attached hydrogens (tertiary/aromatic N) is 1. The Kier molecular flexibility index (Phi) is 4.24. The number of rotatable bonds is 4. The van der Waals surface area contributed by atoms with E-state index in [4.69, 9.17) is 5.73 Å². The van der Waals surface area contributed by atoms with Crippen LogP contribution in [0.5, 0.6) is 0 Å². The highest BCUT2D eigenvalue weighted by atomic mass is 19.3. The molecule has 6 nitrogen and oxygen atoms in total. The van der Waals surface area contributed by atoms with Crippen molar-refractivity contribution >= 4 is 11.8 Å². The summed E-state index contributed by atoms with van der Waals surface area (Å²) in [5, 5.41) is 12.5. The summed E-state index contributed by atoms with van der Waals surface area (Å²) in [4.78, 5) is 24.2. The molecule has 2 aliphatic heterocycles. The maximum atomic E-state index is 12.7. The van der Waals surface area contributed by atoms with E-state index in [1.165, 1.54) is 0 Å². The Labute approximate surface area is 115 Å². The standard InChI is InChI=1S/C12H19F2N3O3/c13-12(14)5-17(6-12)11(20)9(18)8(15)4-7-2-1-3-16-10(7)19/h7-9,18H,1-6,15H2,(H,16,19). The van der Waals surface area contributed by atoms with Gasteiger partial charge in [-0.25, -0.2) is 8.78 Å². The van der Waals surface area contributed by atoms with Gasteiger partial charge in [-0.3, -0.25) is 9.59 Å². The molecular formula is C12H19F2N3O3. The molecule has 2 amide bonds. The largest absolute Gasteiger partial charge is 0.382 e. The minimum Gasteiger partial charge on any atom is -0.382 e. The van der Waals surface area contributed by atoms with Gasteiger partial charge in [0.25, 0.3) is 11.8 Å². The number of hydrogen-bond acceptors (Lipinski definition) is 4. The van der Waals surface area contributed by atoms with Crippen LogP contribution in [0.4, 0.5) is 8.78 Å². The number of nitrogens with one attached hydrogen (secondary N) is 1. The van der Waals surface area contributed by atoms with Gasteiger partial charge < -0.3 is 21.1 Å². The Hall–Kier alpha value is -1.28. The van der Waals surface area contributed by atoms with Crippen molar-refractivity contribution in [1.82, 2.24) is 10.2 Å². The molecule has 20 heavy (non-hydrogen) atoms. The predicted octanol–water partition coefficient (Wildman–Crippen LogP) is -0.932. The molecule has 0 aromatic rings. The van der Waals surface area contributed by atoms with Gasteiger partial charge in [0.1, 0.15) is 6.10 Å². The Bertz CT molecular complexity index is 397. The Morgan fingerprint density at radius 2 is 2.20 bits per heavy atom. The average Bonchev–Trinajstić information content (AvgIpc) is 2.36. The van der Waals surface area contributed by atoms with Crippen LogP contribution in [0.25, 0.3) is 0 Å². The number of nitrogens with two attached hydrogens (primary N) is 1. The van der Waals surface area contributed by atoms with Gasteiger partial charge in [0.15, 0.2) is 0 Å². The van der Waals surface area contributed by atoms with Gasteiger partial charge in [-0.1, -0.05) is 0 Å². The monoisotopic (exact) mass is 291 g/mol. The molecule has 0 saturated carbocycles. The fraction of sp³-hybridized carbons (Fsp3) is 0.833. The molecule has 0 bridgehead atoms. The average molecular weight is 291 g/mol. The summed E-state index contributed by atoms with van der Waals surface area (Å²) >= 11 is 0. The molecule has 0 aliphatic carbocycles. The molecule has 2 saturated heterocycles. The first-order chi connectivity index (χ1) is 9.30. The molecular weight excluding hydrogens is 272 g/mol. The van der Waals surface area contributed by atoms with Crippen molar-refractivity contribution in [1.29, 1.82) is 0 Å². The molecule has 8 heteroatoms. The normalized spacial score (nSPS) is 28.3. The number of amides is 2. The highest BCUT2D eigenvalue weighted by Crippen LogP contribution is 2.27. The van der Waals surface area contributed by atoms with E-state index in [-0.39, 0.29) is 18.2 Å². The lowest BCUT2D eigenvalue weighted by atomic mass is 9.89. The summed E-state index contributed by atoms with van der Waals surface area (Å²) in [5.74, 6) is -4.14. The quantitative estimate of drug-likeness (QED) is 0.623. The van der Waals surface area contributed by atoms with Crippen molar-refractivity contribution in [2.75, 3.05) is 19.6 Å². The predicted molar refractivity (Wildman–Crippen MR) is 65.9 cm³/mol. The molecule has 0 radical (unpaired) electrons. The van der Waals surface area contributed by atoms with Gasteiger partial charge in [-0.2, -0.15) is 0 Å². The van der Waals surface area contributed by atoms with Crippen molar-refractivity contribution in [3.05, 3.63) is 0 Å². The zero-order chi connectivity index (χ0) is 14.9. The zero-order valence-electron chi connectivity index (χ0n) is 11.0. The van der Waals surface area contributed by atoms with Crippen LogP contribution in [0.15, 0.2) is 0 Å². The van der Waals surface area contributed by atoms with Crippen molar-refractivity contribution in [3.8, 4) is 0 Å². The fourth-order valence-electron chi connectivity index (χ4n) is 2.56. The van der Waals surface area contributed by atoms with Crippen molar-refractivity contribution in [2.24, 2.45) is 11.7 Å². The third-order valence-electron chi connectivity index (χ3n) is 3.77. The summed E-state index contributed by atoms with van der Waals surface area (Å²) in [7, 11) is 0. The first kappa shape index (κ1) is 15.1. The zero-order valence-corrected chi connectivity index (χ0v) is 11.0. The molecule has 0 aromatic carbocycles. The van der Waals surface area contributed by atoms with Crippen LogP contribution in [0.2, 0.25) is 0 Å². The molecule has 4 N–H and O–H groups in total. The fourth-order valence-corrected chi connectivity index (χ4v) is 2.56. The van der Waals surface area contributed by atoms with Gasteiger partial charge in [-0.05, 0) is 19.3 Å². The number of hydrogen-bond donors (Lipinski definition) is 3. The third-order valence-corrected chi connectivity index (χ3v) is 3.77. The van der Waals surface area contributed by atoms with Gasteiger partial charge in [0.05, 0.1) is 13.1 Å². The molecule has 0 spiro atoms. The molecule has 3 unspecified atom stereocenters. The number of carbonyl (C=O) groups is 2. The van der Waals surface area contributed by atoms with Crippen LogP contribution in [-0.2, 0) is 9.59 Å². The second-order valence-electron chi connectivity index (χ2n) is 5.52. The van der Waals surface area contributed by atoms with Crippen LogP contribution >= 0.6 is 0 Å². The lowest BCUT2D eigenvalue weighted by Gasteiger charge is -2.40. The number of halogens is 2. The number of carbonyl (C=O) groups excluding carboxylic acids is 2. The molecule has 2 rings (SSSR count). The molecule has 3 atom stereocenters. The van der Waals surface area contributed by atoms with E-state index < -0.39 is 37.1 Å². The number of likely N-dealkylation sites (tertiary alicyclic amines) is 1. The maximum absolute atomic E-state index is 12.7. The number of aliphatic hydroxyl groups is 1. The van der Waals surface area contributed by atoms with Gasteiger partial charge in [0, 0.05) is 18.5 Å². The van der Waals surface area contributed by atoms with Gasteiger partial charge in [0.2, 0.25) is 5.91 Å². The van der Waals surface area contributed by atoms with E-state index in [1.807, 2.05) is 0 Å². The maximum Gasteiger partial charge on any atom is 0.282 e. The molecule has 2 aliphatic rings. The first-order valence-corrected chi connectivity index (χ1v) is 6.68. The van der Waals surface area contributed by atoms with Crippen LogP contribution < -0.4 is 11.1 Å². The summed E-state index contributed by atoms with van der Waals surface area (Å²) in [5.41, 5.74) is 5.73. The second-order valence-corrected chi connectivity index (χ2v) is 5.52. The van der Waals surface area contributed by atoms with Crippen molar-refractivity contribution < 1.29 is 23.5 Å². The lowest BCUT2D eigenvalue weighted by molar-refractivity contribution is -0.174. The van der Waals surface area contributed by atoms with Crippen LogP contribution in [-0.4, -0.2) is 59.5 Å². The topological polar surface area (TPSA) is 95.7 Å². The van der Waals surface area contributed by atoms with Crippen LogP contribution in [0.3, 0.4) is 0 Å². The Morgan fingerprint density at radius 3 is 2.75 bits per heavy atom. The second kappa shape index (κ2) is 5.61. The summed E-state index contributed by atoms with van der Waals surface area (Å²) in [6, 6.07) is -0.925. The SMILES string of the molecule is NC(CC1CCCNC1=O)C(O)C(=O)N1CC(F)(F)C1. The van der Waals surface area contributed by atoms with E-state index in [0.717, 1.165) is 11.3 Å². The smallest absolute Gasteiger partial charge is 0.282 e. The highest BCUT2D eigenvalue weighted by Gasteiger charge is 2.48. The summed E-state index contributed by atoms with van der Waals surface area (Å²) in [6.07, 6.45) is 0.109. The third kappa shape index (κ3) is 3.24. The lowest BCUT2D eigenvalue weighted by Crippen LogP contribution is -2.62. The van der Waals surface area contributed by atoms with Crippen molar-refractivity contribution in [3.63, 3.8) is 0 Å². The first-order valence-electron chi connectivity index (χ1n) is 6.68. The minimum atomic E-state index is -2.87. The molecule has 2 heterocycles. The van der Waals surface area contributed by atoms with Crippen molar-refractivity contribution in [2.45, 2.75) is 37.3 Å². The van der Waals surface area contributed by atoms with E-state index in [9.17, 15) is 23.5 Å². The molecule has 0 aromatic heterocycles. The van der Waals surface area contributed by atoms with E-state index >= 15 is 0 Å². The van der Waals surface area contributed by atoms with Gasteiger partial charge in [-0.15, -0.1) is 0 Å². The van der Waals surface area contributed by atoms with Crippen LogP contribution in [0.1, 0.15) is 19.3 Å². The van der Waals surface area contributed by atoms with E-state index in [2.05, 4.69) is 5.32 Å². The minimum absolute atomic E-state index is 0.137. The Balaban J connectivity index is 1.83. The van der Waals surface area contributed by atoms with Gasteiger partial charge >= 0.3 is 0 Å².